The first-order valence-corrected chi connectivity index (χ1v) is 5.92. The predicted octanol–water partition coefficient (Wildman–Crippen LogP) is 2.66. The minimum Gasteiger partial charge on any atom is -0.342 e. The molecule has 13 heavy (non-hydrogen) atoms. The van der Waals surface area contributed by atoms with Crippen LogP contribution < -0.4 is 0 Å². The van der Waals surface area contributed by atoms with Crippen molar-refractivity contribution in [3.05, 3.63) is 0 Å². The Balaban J connectivity index is 3.82. The van der Waals surface area contributed by atoms with Gasteiger partial charge in [-0.25, -0.2) is 0 Å². The van der Waals surface area contributed by atoms with Crippen LogP contribution in [0.15, 0.2) is 0 Å². The van der Waals surface area contributed by atoms with Crippen molar-refractivity contribution in [2.45, 2.75) is 39.7 Å². The van der Waals surface area contributed by atoms with Crippen LogP contribution >= 0.6 is 15.9 Å². The van der Waals surface area contributed by atoms with Crippen molar-refractivity contribution in [1.82, 2.24) is 4.90 Å². The van der Waals surface area contributed by atoms with Crippen LogP contribution in [-0.2, 0) is 4.79 Å². The molecule has 0 spiro atoms. The van der Waals surface area contributed by atoms with Crippen LogP contribution in [0, 0.1) is 5.92 Å². The minimum absolute atomic E-state index is 0.251. The third-order valence-electron chi connectivity index (χ3n) is 2.21. The van der Waals surface area contributed by atoms with Crippen molar-refractivity contribution < 1.29 is 4.79 Å². The molecule has 1 atom stereocenters. The molecule has 0 saturated heterocycles. The summed E-state index contributed by atoms with van der Waals surface area (Å²) < 4.78 is 0. The number of halogens is 1. The Hall–Kier alpha value is -0.0500. The highest BCUT2D eigenvalue weighted by Gasteiger charge is 2.14. The predicted molar refractivity (Wildman–Crippen MR) is 60.1 cm³/mol. The van der Waals surface area contributed by atoms with E-state index in [2.05, 4.69) is 29.8 Å². The van der Waals surface area contributed by atoms with Gasteiger partial charge in [0.2, 0.25) is 5.91 Å². The Labute approximate surface area is 89.8 Å². The van der Waals surface area contributed by atoms with Crippen LogP contribution in [0.1, 0.15) is 33.6 Å². The minimum atomic E-state index is 0.251. The molecule has 0 bridgehead atoms. The molecule has 0 aliphatic rings. The Kier molecular flexibility index (Phi) is 6.39. The second-order valence-electron chi connectivity index (χ2n) is 3.94. The number of amides is 1. The molecule has 0 radical (unpaired) electrons. The van der Waals surface area contributed by atoms with E-state index < -0.39 is 0 Å². The van der Waals surface area contributed by atoms with E-state index in [4.69, 9.17) is 0 Å². The number of hydrogen-bond donors (Lipinski definition) is 0. The molecule has 0 aromatic heterocycles. The van der Waals surface area contributed by atoms with Crippen LogP contribution in [0.4, 0.5) is 0 Å². The molecule has 0 aromatic carbocycles. The number of alkyl halides is 1. The third-order valence-corrected chi connectivity index (χ3v) is 3.15. The van der Waals surface area contributed by atoms with Crippen molar-refractivity contribution in [3.8, 4) is 0 Å². The zero-order chi connectivity index (χ0) is 10.4. The van der Waals surface area contributed by atoms with Crippen LogP contribution in [0.25, 0.3) is 0 Å². The summed E-state index contributed by atoms with van der Waals surface area (Å²) in [7, 11) is 1.87. The molecule has 0 aliphatic carbocycles. The monoisotopic (exact) mass is 249 g/mol. The van der Waals surface area contributed by atoms with Crippen LogP contribution in [0.5, 0.6) is 0 Å². The Bertz CT molecular complexity index is 159. The van der Waals surface area contributed by atoms with Crippen LogP contribution in [0.3, 0.4) is 0 Å². The van der Waals surface area contributed by atoms with Gasteiger partial charge in [0.25, 0.3) is 0 Å². The summed E-state index contributed by atoms with van der Waals surface area (Å²) in [5.74, 6) is 0.859. The maximum absolute atomic E-state index is 11.6. The van der Waals surface area contributed by atoms with Crippen molar-refractivity contribution >= 4 is 21.8 Å². The first kappa shape index (κ1) is 12.9. The van der Waals surface area contributed by atoms with E-state index in [1.54, 1.807) is 0 Å². The fourth-order valence-corrected chi connectivity index (χ4v) is 1.37. The SMILES string of the molecule is CC(C)CCC(=O)N(C)C(C)CBr. The topological polar surface area (TPSA) is 20.3 Å². The highest BCUT2D eigenvalue weighted by Crippen LogP contribution is 2.08. The molecule has 0 saturated carbocycles. The lowest BCUT2D eigenvalue weighted by Gasteiger charge is -2.23. The number of hydrogen-bond acceptors (Lipinski definition) is 1. The molecule has 0 fully saturated rings. The summed E-state index contributed by atoms with van der Waals surface area (Å²) in [5.41, 5.74) is 0. The largest absolute Gasteiger partial charge is 0.342 e. The lowest BCUT2D eigenvalue weighted by molar-refractivity contribution is -0.131. The van der Waals surface area contributed by atoms with Gasteiger partial charge in [-0.3, -0.25) is 4.79 Å². The molecule has 0 aliphatic heterocycles. The number of carbonyl (C=O) groups excluding carboxylic acids is 1. The zero-order valence-electron chi connectivity index (χ0n) is 9.01. The van der Waals surface area contributed by atoms with E-state index in [9.17, 15) is 4.79 Å². The van der Waals surface area contributed by atoms with Crippen molar-refractivity contribution in [3.63, 3.8) is 0 Å². The van der Waals surface area contributed by atoms with Crippen LogP contribution in [-0.4, -0.2) is 29.2 Å². The van der Waals surface area contributed by atoms with Crippen molar-refractivity contribution in [2.75, 3.05) is 12.4 Å². The molecule has 3 heteroatoms. The molecule has 0 aromatic rings. The normalized spacial score (nSPS) is 13.1. The molecule has 2 nitrogen and oxygen atoms in total. The molecule has 0 N–H and O–H groups in total. The molecule has 0 heterocycles. The Morgan fingerprint density at radius 3 is 2.31 bits per heavy atom. The quantitative estimate of drug-likeness (QED) is 0.687. The summed E-state index contributed by atoms with van der Waals surface area (Å²) in [4.78, 5) is 13.4. The average Bonchev–Trinajstić information content (AvgIpc) is 2.11. The number of nitrogens with zero attached hydrogens (tertiary/aromatic N) is 1. The smallest absolute Gasteiger partial charge is 0.222 e. The average molecular weight is 250 g/mol. The van der Waals surface area contributed by atoms with Gasteiger partial charge in [-0.05, 0) is 19.3 Å². The molecular weight excluding hydrogens is 230 g/mol. The Morgan fingerprint density at radius 2 is 1.92 bits per heavy atom. The van der Waals surface area contributed by atoms with Gasteiger partial charge < -0.3 is 4.90 Å². The fraction of sp³-hybridized carbons (Fsp3) is 0.900. The number of carbonyl (C=O) groups is 1. The Morgan fingerprint density at radius 1 is 1.38 bits per heavy atom. The van der Waals surface area contributed by atoms with Crippen LogP contribution in [0.2, 0.25) is 0 Å². The third kappa shape index (κ3) is 5.29. The zero-order valence-corrected chi connectivity index (χ0v) is 10.6. The molecular formula is C10H20BrNO. The van der Waals surface area contributed by atoms with Crippen molar-refractivity contribution in [1.29, 1.82) is 0 Å². The summed E-state index contributed by atoms with van der Waals surface area (Å²) >= 11 is 3.37. The van der Waals surface area contributed by atoms with Gasteiger partial charge in [0, 0.05) is 24.8 Å². The maximum Gasteiger partial charge on any atom is 0.222 e. The molecule has 78 valence electrons. The second-order valence-corrected chi connectivity index (χ2v) is 4.59. The molecule has 1 unspecified atom stereocenters. The van der Waals surface area contributed by atoms with Gasteiger partial charge in [0.1, 0.15) is 0 Å². The van der Waals surface area contributed by atoms with Gasteiger partial charge in [0.15, 0.2) is 0 Å². The van der Waals surface area contributed by atoms with E-state index in [1.165, 1.54) is 0 Å². The fourth-order valence-electron chi connectivity index (χ4n) is 0.938. The van der Waals surface area contributed by atoms with E-state index in [-0.39, 0.29) is 5.91 Å². The first-order chi connectivity index (χ1) is 5.99. The maximum atomic E-state index is 11.6. The standard InChI is InChI=1S/C10H20BrNO/c1-8(2)5-6-10(13)12(4)9(3)7-11/h8-9H,5-7H2,1-4H3. The van der Waals surface area contributed by atoms with Gasteiger partial charge in [-0.2, -0.15) is 0 Å². The molecule has 1 amide bonds. The van der Waals surface area contributed by atoms with Gasteiger partial charge in [0.05, 0.1) is 0 Å². The summed E-state index contributed by atoms with van der Waals surface area (Å²) in [6.45, 7) is 6.32. The van der Waals surface area contributed by atoms with E-state index >= 15 is 0 Å². The molecule has 0 rings (SSSR count). The van der Waals surface area contributed by atoms with E-state index in [0.29, 0.717) is 18.4 Å². The second kappa shape index (κ2) is 6.41. The van der Waals surface area contributed by atoms with Gasteiger partial charge in [-0.1, -0.05) is 29.8 Å². The van der Waals surface area contributed by atoms with Gasteiger partial charge >= 0.3 is 0 Å². The lowest BCUT2D eigenvalue weighted by Crippen LogP contribution is -2.36. The highest BCUT2D eigenvalue weighted by atomic mass is 79.9. The van der Waals surface area contributed by atoms with Gasteiger partial charge in [-0.15, -0.1) is 0 Å². The summed E-state index contributed by atoms with van der Waals surface area (Å²) in [6.07, 6.45) is 1.66. The van der Waals surface area contributed by atoms with Crippen molar-refractivity contribution in [2.24, 2.45) is 5.92 Å². The number of rotatable bonds is 5. The van der Waals surface area contributed by atoms with E-state index in [0.717, 1.165) is 11.8 Å². The summed E-state index contributed by atoms with van der Waals surface area (Å²) in [5, 5.41) is 0.844. The first-order valence-electron chi connectivity index (χ1n) is 4.80. The highest BCUT2D eigenvalue weighted by molar-refractivity contribution is 9.09. The lowest BCUT2D eigenvalue weighted by atomic mass is 10.1. The van der Waals surface area contributed by atoms with E-state index in [1.807, 2.05) is 18.9 Å². The summed E-state index contributed by atoms with van der Waals surface area (Å²) in [6, 6.07) is 0.291.